The molecule has 0 spiro atoms. The monoisotopic (exact) mass is 529 g/mol. The smallest absolute Gasteiger partial charge is 0.243 e. The lowest BCUT2D eigenvalue weighted by Crippen LogP contribution is -2.60. The summed E-state index contributed by atoms with van der Waals surface area (Å²) in [6.45, 7) is 3.91. The number of carbonyl (C=O) groups excluding carboxylic acids is 3. The normalized spacial score (nSPS) is 18.2. The third kappa shape index (κ3) is 6.64. The Morgan fingerprint density at radius 2 is 1.76 bits per heavy atom. The molecule has 3 amide bonds. The number of piperazine rings is 2. The minimum Gasteiger partial charge on any atom is -0.497 e. The van der Waals surface area contributed by atoms with E-state index in [0.29, 0.717) is 35.3 Å². The quantitative estimate of drug-likeness (QED) is 0.538. The number of halogens is 1. The third-order valence-corrected chi connectivity index (χ3v) is 6.89. The minimum atomic E-state index is -0.881. The first-order chi connectivity index (χ1) is 17.9. The van der Waals surface area contributed by atoms with Gasteiger partial charge in [-0.1, -0.05) is 11.6 Å². The van der Waals surface area contributed by atoms with Gasteiger partial charge in [-0.2, -0.15) is 0 Å². The minimum absolute atomic E-state index is 0.161. The van der Waals surface area contributed by atoms with Crippen LogP contribution in [-0.4, -0.2) is 93.6 Å². The fourth-order valence-corrected chi connectivity index (χ4v) is 4.73. The van der Waals surface area contributed by atoms with Gasteiger partial charge < -0.3 is 29.9 Å². The van der Waals surface area contributed by atoms with Crippen molar-refractivity contribution in [1.29, 1.82) is 0 Å². The van der Waals surface area contributed by atoms with Crippen molar-refractivity contribution < 1.29 is 23.9 Å². The van der Waals surface area contributed by atoms with E-state index in [1.165, 1.54) is 19.1 Å². The maximum atomic E-state index is 13.2. The Morgan fingerprint density at radius 3 is 2.43 bits per heavy atom. The van der Waals surface area contributed by atoms with Gasteiger partial charge in [-0.3, -0.25) is 19.3 Å². The standard InChI is InChI=1S/C26H32ClN5O5/c1-36-20-7-8-23(37-2)21(15-20)29-24(33)16-22-26(35)28-9-10-32(22)25(34)17-30-11-13-31(14-12-30)19-5-3-18(27)4-6-19/h3-8,15,22H,9-14,16-17H2,1-2H3,(H,28,35)(H,29,33)/t22-/m0/s1. The number of hydrogen-bond acceptors (Lipinski definition) is 7. The number of rotatable bonds is 8. The van der Waals surface area contributed by atoms with Gasteiger partial charge in [0.25, 0.3) is 0 Å². The van der Waals surface area contributed by atoms with Gasteiger partial charge in [-0.25, -0.2) is 0 Å². The lowest BCUT2D eigenvalue weighted by Gasteiger charge is -2.39. The number of nitrogens with zero attached hydrogens (tertiary/aromatic N) is 3. The van der Waals surface area contributed by atoms with Crippen LogP contribution in [0.15, 0.2) is 42.5 Å². The molecule has 1 atom stereocenters. The Balaban J connectivity index is 1.35. The molecule has 37 heavy (non-hydrogen) atoms. The number of methoxy groups -OCH3 is 2. The van der Waals surface area contributed by atoms with Crippen molar-refractivity contribution in [2.45, 2.75) is 12.5 Å². The van der Waals surface area contributed by atoms with E-state index in [4.69, 9.17) is 21.1 Å². The molecular formula is C26H32ClN5O5. The molecule has 2 aromatic rings. The van der Waals surface area contributed by atoms with Crippen LogP contribution in [0.5, 0.6) is 11.5 Å². The molecule has 0 bridgehead atoms. The van der Waals surface area contributed by atoms with Crippen molar-refractivity contribution in [1.82, 2.24) is 15.1 Å². The van der Waals surface area contributed by atoms with Gasteiger partial charge in [0.2, 0.25) is 17.7 Å². The van der Waals surface area contributed by atoms with Crippen LogP contribution >= 0.6 is 11.6 Å². The van der Waals surface area contributed by atoms with Crippen molar-refractivity contribution in [2.75, 3.05) is 70.2 Å². The first-order valence-electron chi connectivity index (χ1n) is 12.2. The average Bonchev–Trinajstić information content (AvgIpc) is 2.90. The highest BCUT2D eigenvalue weighted by Gasteiger charge is 2.35. The molecule has 198 valence electrons. The number of benzene rings is 2. The molecule has 0 aliphatic carbocycles. The second-order valence-corrected chi connectivity index (χ2v) is 9.39. The molecule has 2 aliphatic heterocycles. The van der Waals surface area contributed by atoms with E-state index in [1.807, 2.05) is 24.3 Å². The van der Waals surface area contributed by atoms with Gasteiger partial charge >= 0.3 is 0 Å². The van der Waals surface area contributed by atoms with Crippen molar-refractivity contribution in [3.8, 4) is 11.5 Å². The summed E-state index contributed by atoms with van der Waals surface area (Å²) in [5, 5.41) is 6.25. The van der Waals surface area contributed by atoms with Crippen LogP contribution in [0.3, 0.4) is 0 Å². The fraction of sp³-hybridized carbons (Fsp3) is 0.423. The average molecular weight is 530 g/mol. The SMILES string of the molecule is COc1ccc(OC)c(NC(=O)C[C@H]2C(=O)NCCN2C(=O)CN2CCN(c3ccc(Cl)cc3)CC2)c1. The zero-order valence-electron chi connectivity index (χ0n) is 21.0. The first-order valence-corrected chi connectivity index (χ1v) is 12.6. The highest BCUT2D eigenvalue weighted by atomic mass is 35.5. The van der Waals surface area contributed by atoms with E-state index >= 15 is 0 Å². The fourth-order valence-electron chi connectivity index (χ4n) is 4.60. The summed E-state index contributed by atoms with van der Waals surface area (Å²) in [4.78, 5) is 44.7. The Bertz CT molecular complexity index is 1120. The number of nitrogens with one attached hydrogen (secondary N) is 2. The maximum absolute atomic E-state index is 13.2. The van der Waals surface area contributed by atoms with Crippen molar-refractivity contribution in [3.05, 3.63) is 47.5 Å². The van der Waals surface area contributed by atoms with E-state index in [-0.39, 0.29) is 24.8 Å². The molecule has 2 saturated heterocycles. The molecule has 10 nitrogen and oxygen atoms in total. The van der Waals surface area contributed by atoms with Crippen molar-refractivity contribution in [2.24, 2.45) is 0 Å². The Morgan fingerprint density at radius 1 is 1.03 bits per heavy atom. The highest BCUT2D eigenvalue weighted by Crippen LogP contribution is 2.29. The summed E-state index contributed by atoms with van der Waals surface area (Å²) < 4.78 is 10.5. The van der Waals surface area contributed by atoms with Crippen LogP contribution in [0.2, 0.25) is 5.02 Å². The van der Waals surface area contributed by atoms with E-state index < -0.39 is 11.9 Å². The summed E-state index contributed by atoms with van der Waals surface area (Å²) >= 11 is 5.99. The summed E-state index contributed by atoms with van der Waals surface area (Å²) in [6, 6.07) is 11.9. The number of anilines is 2. The van der Waals surface area contributed by atoms with Crippen LogP contribution in [0.1, 0.15) is 6.42 Å². The summed E-state index contributed by atoms with van der Waals surface area (Å²) in [5.74, 6) is 0.127. The van der Waals surface area contributed by atoms with Gasteiger partial charge in [0, 0.05) is 56.0 Å². The molecule has 2 aromatic carbocycles. The highest BCUT2D eigenvalue weighted by molar-refractivity contribution is 6.30. The zero-order valence-corrected chi connectivity index (χ0v) is 21.8. The zero-order chi connectivity index (χ0) is 26.4. The van der Waals surface area contributed by atoms with Gasteiger partial charge in [-0.15, -0.1) is 0 Å². The number of amides is 3. The largest absolute Gasteiger partial charge is 0.497 e. The van der Waals surface area contributed by atoms with Crippen LogP contribution in [-0.2, 0) is 14.4 Å². The summed E-state index contributed by atoms with van der Waals surface area (Å²) in [7, 11) is 3.03. The molecule has 2 heterocycles. The molecule has 0 saturated carbocycles. The second-order valence-electron chi connectivity index (χ2n) is 8.95. The van der Waals surface area contributed by atoms with Crippen LogP contribution in [0.4, 0.5) is 11.4 Å². The van der Waals surface area contributed by atoms with E-state index in [0.717, 1.165) is 31.9 Å². The Labute approximate surface area is 221 Å². The first kappa shape index (κ1) is 26.6. The van der Waals surface area contributed by atoms with Gasteiger partial charge in [0.15, 0.2) is 0 Å². The van der Waals surface area contributed by atoms with E-state index in [9.17, 15) is 14.4 Å². The summed E-state index contributed by atoms with van der Waals surface area (Å²) in [5.41, 5.74) is 1.53. The molecule has 4 rings (SSSR count). The molecule has 11 heteroatoms. The molecule has 0 aromatic heterocycles. The summed E-state index contributed by atoms with van der Waals surface area (Å²) in [6.07, 6.45) is -0.164. The molecule has 2 fully saturated rings. The Hall–Kier alpha value is -3.50. The molecule has 2 N–H and O–H groups in total. The topological polar surface area (TPSA) is 103 Å². The van der Waals surface area contributed by atoms with Crippen molar-refractivity contribution >= 4 is 40.7 Å². The van der Waals surface area contributed by atoms with Crippen LogP contribution in [0, 0.1) is 0 Å². The van der Waals surface area contributed by atoms with Gasteiger partial charge in [0.05, 0.1) is 32.9 Å². The van der Waals surface area contributed by atoms with Gasteiger partial charge in [-0.05, 0) is 36.4 Å². The second kappa shape index (κ2) is 12.2. The predicted molar refractivity (Wildman–Crippen MR) is 141 cm³/mol. The number of ether oxygens (including phenoxy) is 2. The molecule has 0 radical (unpaired) electrons. The maximum Gasteiger partial charge on any atom is 0.243 e. The van der Waals surface area contributed by atoms with Gasteiger partial charge in [0.1, 0.15) is 17.5 Å². The lowest BCUT2D eigenvalue weighted by atomic mass is 10.1. The number of carbonyl (C=O) groups is 3. The van der Waals surface area contributed by atoms with E-state index in [1.54, 1.807) is 18.2 Å². The third-order valence-electron chi connectivity index (χ3n) is 6.63. The van der Waals surface area contributed by atoms with Crippen LogP contribution in [0.25, 0.3) is 0 Å². The molecule has 2 aliphatic rings. The number of hydrogen-bond donors (Lipinski definition) is 2. The van der Waals surface area contributed by atoms with Crippen molar-refractivity contribution in [3.63, 3.8) is 0 Å². The lowest BCUT2D eigenvalue weighted by molar-refractivity contribution is -0.145. The molecular weight excluding hydrogens is 498 g/mol. The van der Waals surface area contributed by atoms with Crippen LogP contribution < -0.4 is 25.0 Å². The molecule has 0 unspecified atom stereocenters. The Kier molecular flexibility index (Phi) is 8.73. The predicted octanol–water partition coefficient (Wildman–Crippen LogP) is 1.83. The van der Waals surface area contributed by atoms with E-state index in [2.05, 4.69) is 20.4 Å².